The fourth-order valence-corrected chi connectivity index (χ4v) is 4.80. The maximum Gasteiger partial charge on any atom is 0.240 e. The molecule has 3 aromatic carbocycles. The topological polar surface area (TPSA) is 63.2 Å². The Kier molecular flexibility index (Phi) is 6.67. The quantitative estimate of drug-likeness (QED) is 0.618. The van der Waals surface area contributed by atoms with Crippen LogP contribution >= 0.6 is 11.8 Å². The predicted octanol–water partition coefficient (Wildman–Crippen LogP) is 4.59. The molecular formula is C22H21NO3S2. The van der Waals surface area contributed by atoms with Crippen molar-refractivity contribution < 1.29 is 13.2 Å². The molecule has 4 nitrogen and oxygen atoms in total. The van der Waals surface area contributed by atoms with Gasteiger partial charge in [0.2, 0.25) is 15.1 Å². The van der Waals surface area contributed by atoms with E-state index in [9.17, 15) is 13.2 Å². The minimum absolute atomic E-state index is 0.0935. The highest BCUT2D eigenvalue weighted by Crippen LogP contribution is 2.31. The Balaban J connectivity index is 1.78. The summed E-state index contributed by atoms with van der Waals surface area (Å²) < 4.78 is 27.9. The Morgan fingerprint density at radius 3 is 2.07 bits per heavy atom. The molecule has 0 aliphatic carbocycles. The number of hydrogen-bond acceptors (Lipinski definition) is 4. The zero-order valence-corrected chi connectivity index (χ0v) is 17.0. The number of rotatable bonds is 7. The summed E-state index contributed by atoms with van der Waals surface area (Å²) in [6.45, 7) is 2.02. The van der Waals surface area contributed by atoms with Gasteiger partial charge < -0.3 is 0 Å². The molecule has 1 N–H and O–H groups in total. The third-order valence-corrected chi connectivity index (χ3v) is 6.83. The van der Waals surface area contributed by atoms with E-state index < -0.39 is 10.0 Å². The summed E-state index contributed by atoms with van der Waals surface area (Å²) in [4.78, 5) is 12.9. The summed E-state index contributed by atoms with van der Waals surface area (Å²) in [6.07, 6.45) is 0. The lowest BCUT2D eigenvalue weighted by molar-refractivity contribution is 0.108. The molecule has 0 aromatic heterocycles. The fourth-order valence-electron chi connectivity index (χ4n) is 2.65. The van der Waals surface area contributed by atoms with Gasteiger partial charge in [0, 0.05) is 12.1 Å². The van der Waals surface area contributed by atoms with Gasteiger partial charge >= 0.3 is 0 Å². The van der Waals surface area contributed by atoms with Gasteiger partial charge in [-0.3, -0.25) is 4.79 Å². The average molecular weight is 412 g/mol. The molecule has 1 unspecified atom stereocenters. The Morgan fingerprint density at radius 1 is 0.893 bits per heavy atom. The second-order valence-corrected chi connectivity index (χ2v) is 9.28. The Bertz CT molecular complexity index is 1020. The smallest absolute Gasteiger partial charge is 0.240 e. The number of benzene rings is 3. The van der Waals surface area contributed by atoms with Gasteiger partial charge in [0.15, 0.2) is 0 Å². The van der Waals surface area contributed by atoms with Crippen LogP contribution < -0.4 is 4.72 Å². The highest BCUT2D eigenvalue weighted by molar-refractivity contribution is 8.14. The van der Waals surface area contributed by atoms with Crippen LogP contribution in [0.2, 0.25) is 0 Å². The molecule has 0 bridgehead atoms. The molecule has 3 aromatic rings. The molecule has 0 saturated carbocycles. The van der Waals surface area contributed by atoms with Gasteiger partial charge in [-0.1, -0.05) is 90.1 Å². The fraction of sp³-hybridized carbons (Fsp3) is 0.136. The lowest BCUT2D eigenvalue weighted by atomic mass is 10.1. The van der Waals surface area contributed by atoms with E-state index in [2.05, 4.69) is 4.72 Å². The predicted molar refractivity (Wildman–Crippen MR) is 114 cm³/mol. The molecule has 0 spiro atoms. The van der Waals surface area contributed by atoms with Crippen LogP contribution in [-0.4, -0.2) is 20.1 Å². The van der Waals surface area contributed by atoms with E-state index in [1.165, 1.54) is 0 Å². The first-order valence-electron chi connectivity index (χ1n) is 8.83. The summed E-state index contributed by atoms with van der Waals surface area (Å²) >= 11 is 1.12. The van der Waals surface area contributed by atoms with Gasteiger partial charge in [-0.25, -0.2) is 13.1 Å². The first-order chi connectivity index (χ1) is 13.5. The normalized spacial score (nSPS) is 12.5. The van der Waals surface area contributed by atoms with Crippen molar-refractivity contribution in [1.29, 1.82) is 0 Å². The monoisotopic (exact) mass is 411 g/mol. The van der Waals surface area contributed by atoms with E-state index >= 15 is 0 Å². The molecule has 144 valence electrons. The van der Waals surface area contributed by atoms with E-state index in [-0.39, 0.29) is 21.8 Å². The molecule has 0 aliphatic heterocycles. The number of hydrogen-bond donors (Lipinski definition) is 1. The number of aryl methyl sites for hydroxylation is 1. The van der Waals surface area contributed by atoms with E-state index in [1.54, 1.807) is 36.4 Å². The van der Waals surface area contributed by atoms with Crippen LogP contribution in [0.4, 0.5) is 0 Å². The van der Waals surface area contributed by atoms with Gasteiger partial charge in [0.25, 0.3) is 0 Å². The number of carbonyl (C=O) groups excluding carboxylic acids is 1. The van der Waals surface area contributed by atoms with E-state index in [0.29, 0.717) is 5.56 Å². The highest BCUT2D eigenvalue weighted by atomic mass is 32.2. The van der Waals surface area contributed by atoms with Crippen molar-refractivity contribution in [1.82, 2.24) is 4.72 Å². The summed E-state index contributed by atoms with van der Waals surface area (Å²) in [7, 11) is -3.66. The van der Waals surface area contributed by atoms with Crippen molar-refractivity contribution in [3.63, 3.8) is 0 Å². The molecule has 0 radical (unpaired) electrons. The van der Waals surface area contributed by atoms with E-state index in [1.807, 2.05) is 55.5 Å². The summed E-state index contributed by atoms with van der Waals surface area (Å²) in [5.41, 5.74) is 2.48. The standard InChI is InChI=1S/C22H21NO3S2/c1-17-12-14-20(15-13-17)28(25,26)23-16-21(18-8-4-2-5-9-18)27-22(24)19-10-6-3-7-11-19/h2-15,21,23H,16H2,1H3. The molecule has 0 amide bonds. The second kappa shape index (κ2) is 9.19. The van der Waals surface area contributed by atoms with Crippen molar-refractivity contribution in [3.05, 3.63) is 102 Å². The van der Waals surface area contributed by atoms with Crippen LogP contribution in [0.25, 0.3) is 0 Å². The highest BCUT2D eigenvalue weighted by Gasteiger charge is 2.21. The van der Waals surface area contributed by atoms with Gasteiger partial charge in [0.05, 0.1) is 10.1 Å². The zero-order chi connectivity index (χ0) is 20.0. The van der Waals surface area contributed by atoms with Crippen LogP contribution in [0.3, 0.4) is 0 Å². The number of nitrogens with one attached hydrogen (secondary N) is 1. The van der Waals surface area contributed by atoms with E-state index in [0.717, 1.165) is 22.9 Å². The molecule has 0 fully saturated rings. The van der Waals surface area contributed by atoms with Gasteiger partial charge in [0.1, 0.15) is 0 Å². The van der Waals surface area contributed by atoms with Crippen molar-refractivity contribution >= 4 is 26.9 Å². The van der Waals surface area contributed by atoms with Gasteiger partial charge in [-0.15, -0.1) is 0 Å². The first kappa shape index (κ1) is 20.3. The van der Waals surface area contributed by atoms with Crippen LogP contribution in [0.5, 0.6) is 0 Å². The maximum absolute atomic E-state index is 12.6. The van der Waals surface area contributed by atoms with Crippen molar-refractivity contribution in [2.45, 2.75) is 17.1 Å². The van der Waals surface area contributed by atoms with Crippen molar-refractivity contribution in [3.8, 4) is 0 Å². The largest absolute Gasteiger partial charge is 0.282 e. The minimum atomic E-state index is -3.66. The minimum Gasteiger partial charge on any atom is -0.282 e. The molecule has 0 heterocycles. The van der Waals surface area contributed by atoms with Crippen LogP contribution in [-0.2, 0) is 10.0 Å². The maximum atomic E-state index is 12.6. The number of sulfonamides is 1. The number of thioether (sulfide) groups is 1. The molecular weight excluding hydrogens is 390 g/mol. The van der Waals surface area contributed by atoms with Crippen molar-refractivity contribution in [2.24, 2.45) is 0 Å². The SMILES string of the molecule is Cc1ccc(S(=O)(=O)NCC(SC(=O)c2ccccc2)c2ccccc2)cc1. The van der Waals surface area contributed by atoms with Crippen molar-refractivity contribution in [2.75, 3.05) is 6.54 Å². The molecule has 28 heavy (non-hydrogen) atoms. The summed E-state index contributed by atoms with van der Waals surface area (Å²) in [5.74, 6) is 0. The van der Waals surface area contributed by atoms with E-state index in [4.69, 9.17) is 0 Å². The Morgan fingerprint density at radius 2 is 1.46 bits per heavy atom. The Hall–Kier alpha value is -2.41. The van der Waals surface area contributed by atoms with Crippen LogP contribution in [0.15, 0.2) is 89.8 Å². The second-order valence-electron chi connectivity index (χ2n) is 6.34. The van der Waals surface area contributed by atoms with Crippen LogP contribution in [0, 0.1) is 6.92 Å². The lowest BCUT2D eigenvalue weighted by Gasteiger charge is -2.17. The molecule has 6 heteroatoms. The number of carbonyl (C=O) groups is 1. The van der Waals surface area contributed by atoms with Gasteiger partial charge in [-0.2, -0.15) is 0 Å². The summed E-state index contributed by atoms with van der Waals surface area (Å²) in [6, 6.07) is 25.1. The lowest BCUT2D eigenvalue weighted by Crippen LogP contribution is -2.28. The third-order valence-electron chi connectivity index (χ3n) is 4.22. The Labute approximate surface area is 170 Å². The zero-order valence-electron chi connectivity index (χ0n) is 15.4. The first-order valence-corrected chi connectivity index (χ1v) is 11.2. The van der Waals surface area contributed by atoms with Gasteiger partial charge in [-0.05, 0) is 24.6 Å². The average Bonchev–Trinajstić information content (AvgIpc) is 2.72. The molecule has 0 saturated heterocycles. The molecule has 0 aliphatic rings. The molecule has 3 rings (SSSR count). The molecule has 1 atom stereocenters. The van der Waals surface area contributed by atoms with Crippen LogP contribution in [0.1, 0.15) is 26.7 Å². The summed E-state index contributed by atoms with van der Waals surface area (Å²) in [5, 5.41) is -0.432. The third kappa shape index (κ3) is 5.32.